The highest BCUT2D eigenvalue weighted by Crippen LogP contribution is 2.40. The molecule has 4 rings (SSSR count). The lowest BCUT2D eigenvalue weighted by atomic mass is 9.96. The summed E-state index contributed by atoms with van der Waals surface area (Å²) >= 11 is 6.52. The lowest BCUT2D eigenvalue weighted by molar-refractivity contribution is 0.598. The van der Waals surface area contributed by atoms with Crippen molar-refractivity contribution in [2.75, 3.05) is 0 Å². The third kappa shape index (κ3) is 3.72. The van der Waals surface area contributed by atoms with Crippen LogP contribution < -0.4 is 5.14 Å². The molecule has 0 atom stereocenters. The smallest absolute Gasteiger partial charge is 0.239 e. The molecule has 146 valence electrons. The summed E-state index contributed by atoms with van der Waals surface area (Å²) in [5, 5.41) is 6.26. The zero-order valence-corrected chi connectivity index (χ0v) is 17.1. The molecule has 0 aliphatic rings. The molecule has 8 heteroatoms. The number of primary sulfonamides is 1. The molecule has 6 nitrogen and oxygen atoms in total. The van der Waals surface area contributed by atoms with Gasteiger partial charge < -0.3 is 0 Å². The molecule has 2 heterocycles. The average molecular weight is 425 g/mol. The Hall–Kier alpha value is -2.87. The van der Waals surface area contributed by atoms with Gasteiger partial charge in [-0.25, -0.2) is 23.5 Å². The van der Waals surface area contributed by atoms with Gasteiger partial charge in [-0.2, -0.15) is 0 Å². The van der Waals surface area contributed by atoms with Gasteiger partial charge >= 0.3 is 0 Å². The Balaban J connectivity index is 1.98. The van der Waals surface area contributed by atoms with E-state index in [0.29, 0.717) is 11.3 Å². The fraction of sp³-hybridized carbons (Fsp3) is 0.0952. The van der Waals surface area contributed by atoms with Crippen molar-refractivity contribution in [3.63, 3.8) is 0 Å². The van der Waals surface area contributed by atoms with Crippen molar-refractivity contribution in [1.29, 1.82) is 0 Å². The maximum Gasteiger partial charge on any atom is 0.239 e. The van der Waals surface area contributed by atoms with Crippen molar-refractivity contribution in [2.24, 2.45) is 5.14 Å². The zero-order chi connectivity index (χ0) is 20.6. The minimum atomic E-state index is -3.99. The molecule has 0 fully saturated rings. The first-order chi connectivity index (χ1) is 13.9. The van der Waals surface area contributed by atoms with Crippen LogP contribution in [0.1, 0.15) is 12.7 Å². The molecule has 29 heavy (non-hydrogen) atoms. The summed E-state index contributed by atoms with van der Waals surface area (Å²) in [6, 6.07) is 14.3. The Morgan fingerprint density at radius 3 is 2.59 bits per heavy atom. The predicted molar refractivity (Wildman–Crippen MR) is 114 cm³/mol. The number of rotatable bonds is 4. The van der Waals surface area contributed by atoms with Crippen molar-refractivity contribution in [2.45, 2.75) is 18.2 Å². The SMILES string of the molecule is CCc1ncc2cc(-c3ccc(S(N)(=O)=O)c(Cl)c3-c3ccccn3)ccc2n1. The predicted octanol–water partition coefficient (Wildman–Crippen LogP) is 4.22. The minimum Gasteiger partial charge on any atom is -0.256 e. The van der Waals surface area contributed by atoms with E-state index < -0.39 is 10.0 Å². The molecule has 2 aromatic heterocycles. The van der Waals surface area contributed by atoms with Gasteiger partial charge in [0.1, 0.15) is 10.7 Å². The topological polar surface area (TPSA) is 98.8 Å². The van der Waals surface area contributed by atoms with E-state index in [9.17, 15) is 8.42 Å². The number of fused-ring (bicyclic) bond motifs is 1. The maximum atomic E-state index is 12.0. The summed E-state index contributed by atoms with van der Waals surface area (Å²) < 4.78 is 24.0. The van der Waals surface area contributed by atoms with Gasteiger partial charge in [-0.3, -0.25) is 4.98 Å². The normalized spacial score (nSPS) is 11.7. The highest BCUT2D eigenvalue weighted by molar-refractivity contribution is 7.89. The second-order valence-corrected chi connectivity index (χ2v) is 8.38. The number of nitrogens with zero attached hydrogens (tertiary/aromatic N) is 3. The van der Waals surface area contributed by atoms with Crippen LogP contribution in [0.25, 0.3) is 33.3 Å². The van der Waals surface area contributed by atoms with Gasteiger partial charge in [0.2, 0.25) is 10.0 Å². The van der Waals surface area contributed by atoms with Gasteiger partial charge in [0, 0.05) is 29.8 Å². The average Bonchev–Trinajstić information content (AvgIpc) is 2.72. The van der Waals surface area contributed by atoms with Crippen LogP contribution in [0.5, 0.6) is 0 Å². The van der Waals surface area contributed by atoms with E-state index in [2.05, 4.69) is 15.0 Å². The minimum absolute atomic E-state index is 0.0429. The first kappa shape index (κ1) is 19.4. The molecule has 0 aliphatic carbocycles. The van der Waals surface area contributed by atoms with Gasteiger partial charge in [0.15, 0.2) is 0 Å². The highest BCUT2D eigenvalue weighted by Gasteiger charge is 2.21. The van der Waals surface area contributed by atoms with Crippen molar-refractivity contribution in [1.82, 2.24) is 15.0 Å². The van der Waals surface area contributed by atoms with Crippen molar-refractivity contribution in [3.8, 4) is 22.4 Å². The summed E-state index contributed by atoms with van der Waals surface area (Å²) in [5.41, 5.74) is 3.48. The number of benzene rings is 2. The molecule has 0 aliphatic heterocycles. The van der Waals surface area contributed by atoms with Crippen molar-refractivity contribution < 1.29 is 8.42 Å². The maximum absolute atomic E-state index is 12.0. The second kappa shape index (κ2) is 7.51. The van der Waals surface area contributed by atoms with E-state index in [1.807, 2.05) is 31.2 Å². The number of aryl methyl sites for hydroxylation is 1. The standard InChI is InChI=1S/C21H17ClN4O2S/c1-2-19-25-12-14-11-13(6-8-16(14)26-19)15-7-9-18(29(23,27)28)21(22)20(15)17-5-3-4-10-24-17/h3-12H,2H2,1H3,(H2,23,27,28). The summed E-state index contributed by atoms with van der Waals surface area (Å²) in [6.45, 7) is 2.00. The van der Waals surface area contributed by atoms with Gasteiger partial charge in [0.05, 0.1) is 16.2 Å². The number of hydrogen-bond acceptors (Lipinski definition) is 5. The molecule has 0 radical (unpaired) electrons. The number of halogens is 1. The van der Waals surface area contributed by atoms with Crippen molar-refractivity contribution in [3.05, 3.63) is 71.8 Å². The number of pyridine rings is 1. The van der Waals surface area contributed by atoms with Crippen LogP contribution >= 0.6 is 11.6 Å². The second-order valence-electron chi connectivity index (χ2n) is 6.47. The first-order valence-electron chi connectivity index (χ1n) is 8.91. The molecule has 4 aromatic rings. The molecular weight excluding hydrogens is 408 g/mol. The van der Waals surface area contributed by atoms with Crippen LogP contribution in [0.2, 0.25) is 5.02 Å². The number of nitrogens with two attached hydrogens (primary N) is 1. The number of hydrogen-bond donors (Lipinski definition) is 1. The Labute approximate surface area is 173 Å². The molecule has 0 spiro atoms. The molecule has 0 amide bonds. The van der Waals surface area contributed by atoms with E-state index >= 15 is 0 Å². The van der Waals surface area contributed by atoms with E-state index in [1.54, 1.807) is 30.6 Å². The van der Waals surface area contributed by atoms with Crippen LogP contribution in [-0.4, -0.2) is 23.4 Å². The van der Waals surface area contributed by atoms with Gasteiger partial charge in [-0.05, 0) is 41.5 Å². The summed E-state index contributed by atoms with van der Waals surface area (Å²) in [6.07, 6.45) is 4.16. The third-order valence-electron chi connectivity index (χ3n) is 4.59. The number of sulfonamides is 1. The summed E-state index contributed by atoms with van der Waals surface area (Å²) in [5.74, 6) is 0.778. The van der Waals surface area contributed by atoms with E-state index in [4.69, 9.17) is 16.7 Å². The van der Waals surface area contributed by atoms with Gasteiger partial charge in [-0.1, -0.05) is 36.7 Å². The van der Waals surface area contributed by atoms with Gasteiger partial charge in [-0.15, -0.1) is 0 Å². The largest absolute Gasteiger partial charge is 0.256 e. The zero-order valence-electron chi connectivity index (χ0n) is 15.5. The van der Waals surface area contributed by atoms with E-state index in [-0.39, 0.29) is 9.92 Å². The van der Waals surface area contributed by atoms with Crippen LogP contribution in [0, 0.1) is 0 Å². The Kier molecular flexibility index (Phi) is 5.04. The molecule has 0 bridgehead atoms. The molecule has 0 saturated heterocycles. The Morgan fingerprint density at radius 1 is 1.07 bits per heavy atom. The molecule has 2 N–H and O–H groups in total. The lowest BCUT2D eigenvalue weighted by Gasteiger charge is -2.15. The van der Waals surface area contributed by atoms with Crippen molar-refractivity contribution >= 4 is 32.5 Å². The highest BCUT2D eigenvalue weighted by atomic mass is 35.5. The fourth-order valence-corrected chi connectivity index (χ4v) is 4.38. The van der Waals surface area contributed by atoms with Crippen LogP contribution in [0.15, 0.2) is 65.8 Å². The summed E-state index contributed by atoms with van der Waals surface area (Å²) in [7, 11) is -3.99. The fourth-order valence-electron chi connectivity index (χ4n) is 3.19. The molecule has 2 aromatic carbocycles. The van der Waals surface area contributed by atoms with E-state index in [1.165, 1.54) is 6.07 Å². The molecular formula is C21H17ClN4O2S. The third-order valence-corrected chi connectivity index (χ3v) is 6.05. The monoisotopic (exact) mass is 424 g/mol. The van der Waals surface area contributed by atoms with E-state index in [0.717, 1.165) is 34.3 Å². The van der Waals surface area contributed by atoms with Crippen LogP contribution in [0.3, 0.4) is 0 Å². The quantitative estimate of drug-likeness (QED) is 0.528. The van der Waals surface area contributed by atoms with Crippen LogP contribution in [-0.2, 0) is 16.4 Å². The van der Waals surface area contributed by atoms with Gasteiger partial charge in [0.25, 0.3) is 0 Å². The molecule has 0 unspecified atom stereocenters. The lowest BCUT2D eigenvalue weighted by Crippen LogP contribution is -2.13. The summed E-state index contributed by atoms with van der Waals surface area (Å²) in [4.78, 5) is 13.1. The Bertz CT molecular complexity index is 1330. The first-order valence-corrected chi connectivity index (χ1v) is 10.8. The van der Waals surface area contributed by atoms with Crippen LogP contribution in [0.4, 0.5) is 0 Å². The molecule has 0 saturated carbocycles. The Morgan fingerprint density at radius 2 is 1.90 bits per heavy atom. The number of aromatic nitrogens is 3.